The average Bonchev–Trinajstić information content (AvgIpc) is 2.29. The largest absolute Gasteiger partial charge is 0.494 e. The summed E-state index contributed by atoms with van der Waals surface area (Å²) in [6.45, 7) is 6.94. The Kier molecular flexibility index (Phi) is 5.29. The van der Waals surface area contributed by atoms with E-state index in [4.69, 9.17) is 9.47 Å². The summed E-state index contributed by atoms with van der Waals surface area (Å²) in [5, 5.41) is 10.0. The first-order chi connectivity index (χ1) is 7.69. The highest BCUT2D eigenvalue weighted by Crippen LogP contribution is 2.23. The normalized spacial score (nSPS) is 14.5. The molecule has 90 valence electrons. The Morgan fingerprint density at radius 3 is 2.62 bits per heavy atom. The maximum Gasteiger partial charge on any atom is 0.119 e. The summed E-state index contributed by atoms with van der Waals surface area (Å²) in [6, 6.07) is 7.49. The van der Waals surface area contributed by atoms with E-state index < -0.39 is 6.10 Å². The van der Waals surface area contributed by atoms with E-state index in [0.717, 1.165) is 11.3 Å². The fourth-order valence-corrected chi connectivity index (χ4v) is 1.58. The van der Waals surface area contributed by atoms with Crippen LogP contribution in [-0.2, 0) is 4.74 Å². The van der Waals surface area contributed by atoms with Gasteiger partial charge < -0.3 is 14.6 Å². The van der Waals surface area contributed by atoms with E-state index in [1.807, 2.05) is 45.0 Å². The number of ether oxygens (including phenoxy) is 2. The lowest BCUT2D eigenvalue weighted by Gasteiger charge is -2.19. The number of aliphatic hydroxyl groups excluding tert-OH is 1. The number of hydrogen-bond donors (Lipinski definition) is 1. The standard InChI is InChI=1S/C13H20O3/c1-4-15-10(3)13(14)11-7-6-8-12(9-11)16-5-2/h6-10,13-14H,4-5H2,1-3H3. The van der Waals surface area contributed by atoms with Gasteiger partial charge in [-0.15, -0.1) is 0 Å². The zero-order chi connectivity index (χ0) is 12.0. The summed E-state index contributed by atoms with van der Waals surface area (Å²) in [5.74, 6) is 0.780. The van der Waals surface area contributed by atoms with Gasteiger partial charge >= 0.3 is 0 Å². The summed E-state index contributed by atoms with van der Waals surface area (Å²) in [7, 11) is 0. The van der Waals surface area contributed by atoms with Crippen LogP contribution < -0.4 is 4.74 Å². The lowest BCUT2D eigenvalue weighted by atomic mass is 10.1. The first kappa shape index (κ1) is 13.0. The molecule has 3 nitrogen and oxygen atoms in total. The van der Waals surface area contributed by atoms with Gasteiger partial charge in [-0.05, 0) is 38.5 Å². The van der Waals surface area contributed by atoms with E-state index in [1.54, 1.807) is 0 Å². The maximum absolute atomic E-state index is 10.0. The van der Waals surface area contributed by atoms with Gasteiger partial charge in [-0.2, -0.15) is 0 Å². The van der Waals surface area contributed by atoms with E-state index in [-0.39, 0.29) is 6.10 Å². The topological polar surface area (TPSA) is 38.7 Å². The van der Waals surface area contributed by atoms with Gasteiger partial charge in [-0.1, -0.05) is 12.1 Å². The molecule has 2 unspecified atom stereocenters. The average molecular weight is 224 g/mol. The van der Waals surface area contributed by atoms with Crippen LogP contribution in [0.1, 0.15) is 32.4 Å². The van der Waals surface area contributed by atoms with Gasteiger partial charge in [0.25, 0.3) is 0 Å². The predicted octanol–water partition coefficient (Wildman–Crippen LogP) is 2.54. The zero-order valence-electron chi connectivity index (χ0n) is 10.1. The van der Waals surface area contributed by atoms with Gasteiger partial charge in [0.1, 0.15) is 11.9 Å². The Morgan fingerprint density at radius 2 is 2.00 bits per heavy atom. The number of hydrogen-bond acceptors (Lipinski definition) is 3. The first-order valence-electron chi connectivity index (χ1n) is 5.71. The minimum absolute atomic E-state index is 0.207. The molecule has 3 heteroatoms. The van der Waals surface area contributed by atoms with Gasteiger partial charge in [0.2, 0.25) is 0 Å². The molecule has 0 saturated heterocycles. The molecular weight excluding hydrogens is 204 g/mol. The van der Waals surface area contributed by atoms with Crippen LogP contribution >= 0.6 is 0 Å². The molecule has 0 radical (unpaired) electrons. The minimum Gasteiger partial charge on any atom is -0.494 e. The third kappa shape index (κ3) is 3.51. The van der Waals surface area contributed by atoms with Crippen LogP contribution in [0.2, 0.25) is 0 Å². The molecule has 2 atom stereocenters. The molecule has 1 aromatic carbocycles. The molecule has 0 saturated carbocycles. The second-order valence-electron chi connectivity index (χ2n) is 3.61. The molecule has 0 amide bonds. The van der Waals surface area contributed by atoms with E-state index >= 15 is 0 Å². The molecule has 0 heterocycles. The second-order valence-corrected chi connectivity index (χ2v) is 3.61. The van der Waals surface area contributed by atoms with Gasteiger partial charge in [0.15, 0.2) is 0 Å². The number of aliphatic hydroxyl groups is 1. The fraction of sp³-hybridized carbons (Fsp3) is 0.538. The van der Waals surface area contributed by atoms with E-state index in [2.05, 4.69) is 0 Å². The van der Waals surface area contributed by atoms with Gasteiger partial charge in [0.05, 0.1) is 12.7 Å². The van der Waals surface area contributed by atoms with Crippen molar-refractivity contribution < 1.29 is 14.6 Å². The Balaban J connectivity index is 2.74. The van der Waals surface area contributed by atoms with Gasteiger partial charge in [-0.3, -0.25) is 0 Å². The highest BCUT2D eigenvalue weighted by atomic mass is 16.5. The smallest absolute Gasteiger partial charge is 0.119 e. The van der Waals surface area contributed by atoms with E-state index in [9.17, 15) is 5.11 Å². The van der Waals surface area contributed by atoms with Crippen LogP contribution in [0.15, 0.2) is 24.3 Å². The summed E-state index contributed by atoms with van der Waals surface area (Å²) in [6.07, 6.45) is -0.817. The van der Waals surface area contributed by atoms with Crippen molar-refractivity contribution in [3.8, 4) is 5.75 Å². The predicted molar refractivity (Wildman–Crippen MR) is 63.7 cm³/mol. The van der Waals surface area contributed by atoms with Crippen molar-refractivity contribution in [2.75, 3.05) is 13.2 Å². The molecule has 0 aromatic heterocycles. The van der Waals surface area contributed by atoms with Crippen LogP contribution in [-0.4, -0.2) is 24.4 Å². The zero-order valence-corrected chi connectivity index (χ0v) is 10.1. The van der Waals surface area contributed by atoms with E-state index in [0.29, 0.717) is 13.2 Å². The highest BCUT2D eigenvalue weighted by molar-refractivity contribution is 5.30. The molecule has 0 spiro atoms. The third-order valence-electron chi connectivity index (χ3n) is 2.38. The summed E-state index contributed by atoms with van der Waals surface area (Å²) < 4.78 is 10.8. The van der Waals surface area contributed by atoms with E-state index in [1.165, 1.54) is 0 Å². The monoisotopic (exact) mass is 224 g/mol. The number of benzene rings is 1. The third-order valence-corrected chi connectivity index (χ3v) is 2.38. The van der Waals surface area contributed by atoms with Gasteiger partial charge in [-0.25, -0.2) is 0 Å². The summed E-state index contributed by atoms with van der Waals surface area (Å²) >= 11 is 0. The van der Waals surface area contributed by atoms with Crippen molar-refractivity contribution in [2.45, 2.75) is 33.0 Å². The highest BCUT2D eigenvalue weighted by Gasteiger charge is 2.16. The molecule has 0 fully saturated rings. The van der Waals surface area contributed by atoms with Crippen molar-refractivity contribution in [1.29, 1.82) is 0 Å². The fourth-order valence-electron chi connectivity index (χ4n) is 1.58. The summed E-state index contributed by atoms with van der Waals surface area (Å²) in [5.41, 5.74) is 0.826. The SMILES string of the molecule is CCOc1cccc(C(O)C(C)OCC)c1. The molecule has 0 bridgehead atoms. The molecule has 0 aliphatic rings. The minimum atomic E-state index is -0.611. The summed E-state index contributed by atoms with van der Waals surface area (Å²) in [4.78, 5) is 0. The Bertz CT molecular complexity index is 312. The van der Waals surface area contributed by atoms with Crippen LogP contribution in [0, 0.1) is 0 Å². The molecule has 0 aliphatic heterocycles. The van der Waals surface area contributed by atoms with Crippen molar-refractivity contribution >= 4 is 0 Å². The lowest BCUT2D eigenvalue weighted by molar-refractivity contribution is -0.0228. The Morgan fingerprint density at radius 1 is 1.25 bits per heavy atom. The van der Waals surface area contributed by atoms with Crippen molar-refractivity contribution in [3.05, 3.63) is 29.8 Å². The van der Waals surface area contributed by atoms with Crippen molar-refractivity contribution in [1.82, 2.24) is 0 Å². The van der Waals surface area contributed by atoms with Crippen LogP contribution in [0.4, 0.5) is 0 Å². The maximum atomic E-state index is 10.0. The molecular formula is C13H20O3. The Hall–Kier alpha value is -1.06. The van der Waals surface area contributed by atoms with Crippen molar-refractivity contribution in [3.63, 3.8) is 0 Å². The lowest BCUT2D eigenvalue weighted by Crippen LogP contribution is -2.18. The molecule has 1 aromatic rings. The quantitative estimate of drug-likeness (QED) is 0.807. The van der Waals surface area contributed by atoms with Crippen LogP contribution in [0.5, 0.6) is 5.75 Å². The molecule has 1 rings (SSSR count). The van der Waals surface area contributed by atoms with Crippen LogP contribution in [0.3, 0.4) is 0 Å². The van der Waals surface area contributed by atoms with Gasteiger partial charge in [0, 0.05) is 6.61 Å². The molecule has 1 N–H and O–H groups in total. The molecule has 0 aliphatic carbocycles. The Labute approximate surface area is 97.0 Å². The van der Waals surface area contributed by atoms with Crippen LogP contribution in [0.25, 0.3) is 0 Å². The molecule has 16 heavy (non-hydrogen) atoms. The van der Waals surface area contributed by atoms with Crippen molar-refractivity contribution in [2.24, 2.45) is 0 Å². The number of rotatable bonds is 6. The second kappa shape index (κ2) is 6.51. The first-order valence-corrected chi connectivity index (χ1v) is 5.71.